The van der Waals surface area contributed by atoms with Crippen molar-refractivity contribution < 1.29 is 62.5 Å². The third-order valence-corrected chi connectivity index (χ3v) is 16.3. The molecule has 8 amide bonds. The topological polar surface area (TPSA) is 291 Å². The van der Waals surface area contributed by atoms with Gasteiger partial charge in [0.15, 0.2) is 23.5 Å². The van der Waals surface area contributed by atoms with E-state index < -0.39 is 77.5 Å². The van der Waals surface area contributed by atoms with Crippen molar-refractivity contribution in [2.75, 3.05) is 25.0 Å². The van der Waals surface area contributed by atoms with E-state index in [9.17, 15) is 48.3 Å². The molecule has 2 unspecified atom stereocenters. The van der Waals surface area contributed by atoms with Crippen LogP contribution >= 0.6 is 0 Å². The Morgan fingerprint density at radius 3 is 2.35 bits per heavy atom. The van der Waals surface area contributed by atoms with Crippen LogP contribution in [0, 0.1) is 34.5 Å². The summed E-state index contributed by atoms with van der Waals surface area (Å²) in [5, 5.41) is 25.4. The number of carbonyl (C=O) groups excluding carboxylic acids is 9. The van der Waals surface area contributed by atoms with Crippen LogP contribution in [-0.4, -0.2) is 119 Å². The molecule has 7 rings (SSSR count). The van der Waals surface area contributed by atoms with Crippen LogP contribution in [0.1, 0.15) is 117 Å². The summed E-state index contributed by atoms with van der Waals surface area (Å²) < 4.78 is 18.7. The molecule has 0 spiro atoms. The molecule has 6 aliphatic rings. The van der Waals surface area contributed by atoms with Crippen molar-refractivity contribution in [3.63, 3.8) is 0 Å². The number of nitrogens with zero attached hydrogens (tertiary/aromatic N) is 1. The van der Waals surface area contributed by atoms with Crippen LogP contribution in [0.4, 0.5) is 15.3 Å². The van der Waals surface area contributed by atoms with E-state index in [2.05, 4.69) is 33.5 Å². The maximum atomic E-state index is 14.6. The number of benzene rings is 1. The standard InChI is InChI=1S/C54H73N7O13/c1-6-11-45-73-41-27-37-36-19-16-33-26-35(62)22-23-52(33,4)46(36)39(63)28-53(37,5)54(41,74-45)40(64)29-57-51(71)72-30-32-14-17-34(18-15-32)58-48(68)38(12-10-24-56-50(55)70)59-49(69)47(31(2)3)60-42(65)13-8-7-9-25-61-43(66)20-21-44(61)67/h14-15,17-18,20-23,26,31,36-39,41,45-47,63H,6-13,16,19,24-25,27-30H2,1-5H3,(H,57,71)(H,58,68)(H,59,69)(H,60,65)(H3,55,56,70)/t36-,37-,38-,39-,41+,45?,46+,47?,52-,53-,54+/m0/s1. The van der Waals surface area contributed by atoms with Crippen LogP contribution in [0.2, 0.25) is 0 Å². The summed E-state index contributed by atoms with van der Waals surface area (Å²) in [6, 6.07) is 3.67. The molecule has 1 saturated heterocycles. The number of unbranched alkanes of at least 4 members (excludes halogenated alkanes) is 2. The number of imide groups is 1. The first-order valence-electron chi connectivity index (χ1n) is 26.2. The first-order chi connectivity index (χ1) is 35.2. The van der Waals surface area contributed by atoms with E-state index in [0.717, 1.165) is 23.3 Å². The summed E-state index contributed by atoms with van der Waals surface area (Å²) in [6.07, 6.45) is 10.6. The Balaban J connectivity index is 0.914. The van der Waals surface area contributed by atoms with E-state index in [1.165, 1.54) is 12.2 Å². The summed E-state index contributed by atoms with van der Waals surface area (Å²) in [5.74, 6) is -3.12. The molecule has 0 bridgehead atoms. The second-order valence-corrected chi connectivity index (χ2v) is 21.4. The Hall–Kier alpha value is -6.25. The molecule has 4 aliphatic carbocycles. The van der Waals surface area contributed by atoms with Gasteiger partial charge in [0.25, 0.3) is 11.8 Å². The molecule has 2 aliphatic heterocycles. The molecule has 74 heavy (non-hydrogen) atoms. The van der Waals surface area contributed by atoms with Crippen molar-refractivity contribution >= 4 is 58.9 Å². The number of carbonyl (C=O) groups is 9. The molecule has 8 N–H and O–H groups in total. The average Bonchev–Trinajstić information content (AvgIpc) is 3.97. The summed E-state index contributed by atoms with van der Waals surface area (Å²) in [5.41, 5.74) is 4.48. The molecule has 20 heteroatoms. The largest absolute Gasteiger partial charge is 0.445 e. The first-order valence-corrected chi connectivity index (χ1v) is 26.2. The van der Waals surface area contributed by atoms with Crippen LogP contribution in [0.3, 0.4) is 0 Å². The van der Waals surface area contributed by atoms with Crippen LogP contribution in [0.25, 0.3) is 0 Å². The van der Waals surface area contributed by atoms with E-state index in [1.807, 2.05) is 19.9 Å². The molecular formula is C54H73N7O13. The predicted molar refractivity (Wildman–Crippen MR) is 269 cm³/mol. The lowest BCUT2D eigenvalue weighted by Crippen LogP contribution is -2.64. The van der Waals surface area contributed by atoms with Gasteiger partial charge in [-0.25, -0.2) is 9.59 Å². The van der Waals surface area contributed by atoms with Gasteiger partial charge in [0.05, 0.1) is 18.8 Å². The highest BCUT2D eigenvalue weighted by Crippen LogP contribution is 2.69. The molecule has 3 saturated carbocycles. The highest BCUT2D eigenvalue weighted by Gasteiger charge is 2.75. The molecule has 0 aromatic heterocycles. The SMILES string of the molecule is CCCC1O[C@@H]2C[C@H]3[C@@H]4CCC5=CC(=O)C=C[C@]5(C)[C@H]4[C@@H](O)C[C@]3(C)[C@]2(C(=O)CNC(=O)OCc2ccc(NC(=O)[C@H](CCCNC(N)=O)NC(=O)C(NC(=O)CCCCCN3C(=O)C=CC3=O)C(C)C)cc2)O1. The Bertz CT molecular complexity index is 2420. The van der Waals surface area contributed by atoms with Gasteiger partial charge in [0.1, 0.15) is 18.7 Å². The first kappa shape index (κ1) is 55.5. The predicted octanol–water partition coefficient (Wildman–Crippen LogP) is 4.15. The number of rotatable bonds is 23. The number of fused-ring (bicyclic) bond motifs is 7. The van der Waals surface area contributed by atoms with Gasteiger partial charge in [-0.2, -0.15) is 0 Å². The number of amides is 8. The highest BCUT2D eigenvalue weighted by molar-refractivity contribution is 6.12. The lowest BCUT2D eigenvalue weighted by atomic mass is 9.46. The number of aliphatic hydroxyl groups is 1. The fraction of sp³-hybridized carbons (Fsp3) is 0.611. The molecule has 2 heterocycles. The molecule has 11 atom stereocenters. The van der Waals surface area contributed by atoms with Crippen LogP contribution < -0.4 is 32.3 Å². The maximum absolute atomic E-state index is 14.6. The van der Waals surface area contributed by atoms with Crippen molar-refractivity contribution in [1.82, 2.24) is 26.2 Å². The number of allylic oxidation sites excluding steroid dienone is 4. The second kappa shape index (κ2) is 23.5. The van der Waals surface area contributed by atoms with Gasteiger partial charge in [-0.15, -0.1) is 0 Å². The summed E-state index contributed by atoms with van der Waals surface area (Å²) in [4.78, 5) is 116. The molecular weight excluding hydrogens is 955 g/mol. The molecule has 0 radical (unpaired) electrons. The van der Waals surface area contributed by atoms with E-state index >= 15 is 0 Å². The number of hydrogen-bond donors (Lipinski definition) is 7. The van der Waals surface area contributed by atoms with Crippen molar-refractivity contribution in [3.8, 4) is 0 Å². The molecule has 1 aromatic carbocycles. The Morgan fingerprint density at radius 1 is 0.932 bits per heavy atom. The molecule has 20 nitrogen and oxygen atoms in total. The number of ether oxygens (including phenoxy) is 3. The third kappa shape index (κ3) is 11.8. The van der Waals surface area contributed by atoms with Gasteiger partial charge < -0.3 is 51.6 Å². The number of anilines is 1. The molecule has 4 fully saturated rings. The minimum Gasteiger partial charge on any atom is -0.445 e. The number of aliphatic hydroxyl groups excluding tert-OH is 1. The Labute approximate surface area is 431 Å². The van der Waals surface area contributed by atoms with Crippen molar-refractivity contribution in [3.05, 3.63) is 65.8 Å². The normalized spacial score (nSPS) is 29.3. The van der Waals surface area contributed by atoms with Gasteiger partial charge in [-0.3, -0.25) is 38.5 Å². The smallest absolute Gasteiger partial charge is 0.407 e. The number of urea groups is 1. The zero-order valence-electron chi connectivity index (χ0n) is 43.1. The van der Waals surface area contributed by atoms with Crippen molar-refractivity contribution in [2.45, 2.75) is 154 Å². The number of ketones is 2. The van der Waals surface area contributed by atoms with E-state index in [0.29, 0.717) is 49.8 Å². The Kier molecular flexibility index (Phi) is 17.6. The lowest BCUT2D eigenvalue weighted by Gasteiger charge is -2.59. The minimum atomic E-state index is -1.41. The molecule has 402 valence electrons. The van der Waals surface area contributed by atoms with Crippen LogP contribution in [-0.2, 0) is 54.4 Å². The highest BCUT2D eigenvalue weighted by atomic mass is 16.7. The number of primary amides is 1. The van der Waals surface area contributed by atoms with E-state index in [1.54, 1.807) is 50.3 Å². The van der Waals surface area contributed by atoms with Crippen molar-refractivity contribution in [2.24, 2.45) is 40.2 Å². The van der Waals surface area contributed by atoms with E-state index in [-0.39, 0.29) is 98.3 Å². The average molecular weight is 1030 g/mol. The lowest BCUT2D eigenvalue weighted by molar-refractivity contribution is -0.198. The van der Waals surface area contributed by atoms with Gasteiger partial charge in [-0.1, -0.05) is 71.2 Å². The minimum absolute atomic E-state index is 0.0224. The third-order valence-electron chi connectivity index (χ3n) is 16.3. The Morgan fingerprint density at radius 2 is 1.66 bits per heavy atom. The monoisotopic (exact) mass is 1030 g/mol. The molecule has 1 aromatic rings. The van der Waals surface area contributed by atoms with E-state index in [4.69, 9.17) is 19.9 Å². The number of Topliss-reactive ketones (excluding diaryl/α,β-unsaturated/α-hetero) is 1. The zero-order chi connectivity index (χ0) is 53.5. The number of alkyl carbamates (subject to hydrolysis) is 1. The summed E-state index contributed by atoms with van der Waals surface area (Å²) >= 11 is 0. The summed E-state index contributed by atoms with van der Waals surface area (Å²) in [6.45, 7) is 9.47. The zero-order valence-corrected chi connectivity index (χ0v) is 43.1. The second-order valence-electron chi connectivity index (χ2n) is 21.4. The summed E-state index contributed by atoms with van der Waals surface area (Å²) in [7, 11) is 0. The fourth-order valence-corrected chi connectivity index (χ4v) is 12.6. The van der Waals surface area contributed by atoms with Crippen molar-refractivity contribution in [1.29, 1.82) is 0 Å². The number of hydrogen-bond acceptors (Lipinski definition) is 13. The maximum Gasteiger partial charge on any atom is 0.407 e. The van der Waals surface area contributed by atoms with Gasteiger partial charge in [0, 0.05) is 54.1 Å². The fourth-order valence-electron chi connectivity index (χ4n) is 12.6. The number of nitrogens with one attached hydrogen (secondary N) is 5. The number of nitrogens with two attached hydrogens (primary N) is 1. The van der Waals surface area contributed by atoms with Gasteiger partial charge in [0.2, 0.25) is 17.7 Å². The van der Waals surface area contributed by atoms with Crippen LogP contribution in [0.15, 0.2) is 60.2 Å². The quantitative estimate of drug-likeness (QED) is 0.0600. The van der Waals surface area contributed by atoms with Crippen LogP contribution in [0.5, 0.6) is 0 Å². The van der Waals surface area contributed by atoms with Gasteiger partial charge >= 0.3 is 12.1 Å². The van der Waals surface area contributed by atoms with Gasteiger partial charge in [-0.05, 0) is 105 Å².